The van der Waals surface area contributed by atoms with Crippen molar-refractivity contribution in [1.82, 2.24) is 0 Å². The van der Waals surface area contributed by atoms with E-state index in [1.165, 1.54) is 0 Å². The molecule has 0 rings (SSSR count). The molecule has 0 aromatic rings. The van der Waals surface area contributed by atoms with Crippen LogP contribution in [0.3, 0.4) is 0 Å². The molecule has 1 atom stereocenters. The molecule has 0 aliphatic heterocycles. The van der Waals surface area contributed by atoms with Gasteiger partial charge in [-0.1, -0.05) is 13.8 Å². The second-order valence-corrected chi connectivity index (χ2v) is 4.74. The van der Waals surface area contributed by atoms with Crippen LogP contribution in [0.25, 0.3) is 0 Å². The molecule has 0 amide bonds. The van der Waals surface area contributed by atoms with Crippen LogP contribution in [0, 0.1) is 5.41 Å². The Labute approximate surface area is 74.0 Å². The molecule has 3 heteroatoms. The first-order valence-corrected chi connectivity index (χ1v) is 4.23. The summed E-state index contributed by atoms with van der Waals surface area (Å²) in [6, 6.07) is -0.496. The molecule has 0 spiro atoms. The molecule has 0 saturated heterocycles. The van der Waals surface area contributed by atoms with Gasteiger partial charge in [0.05, 0.1) is 5.60 Å². The molecule has 3 N–H and O–H groups in total. The molecule has 74 valence electrons. The molecule has 0 aromatic carbocycles. The number of hydrogen-bond donors (Lipinski definition) is 2. The fourth-order valence-electron chi connectivity index (χ4n) is 1.45. The van der Waals surface area contributed by atoms with Gasteiger partial charge >= 0.3 is 0 Å². The summed E-state index contributed by atoms with van der Waals surface area (Å²) in [6.45, 7) is 6.62. The molecular formula is C9H20FNO. The molecule has 2 nitrogen and oxygen atoms in total. The maximum atomic E-state index is 12.3. The summed E-state index contributed by atoms with van der Waals surface area (Å²) < 4.78 is 12.3. The van der Waals surface area contributed by atoms with Crippen LogP contribution in [0.2, 0.25) is 0 Å². The van der Waals surface area contributed by atoms with Crippen molar-refractivity contribution >= 4 is 0 Å². The molecule has 0 saturated carbocycles. The summed E-state index contributed by atoms with van der Waals surface area (Å²) in [7, 11) is 0. The first-order valence-electron chi connectivity index (χ1n) is 4.23. The van der Waals surface area contributed by atoms with Crippen LogP contribution in [-0.2, 0) is 0 Å². The average Bonchev–Trinajstić information content (AvgIpc) is 1.80. The zero-order chi connectivity index (χ0) is 9.99. The number of nitrogens with two attached hydrogens (primary N) is 1. The van der Waals surface area contributed by atoms with E-state index in [4.69, 9.17) is 5.73 Å². The van der Waals surface area contributed by atoms with Crippen LogP contribution in [0.5, 0.6) is 0 Å². The minimum absolute atomic E-state index is 0.354. The lowest BCUT2D eigenvalue weighted by atomic mass is 9.77. The van der Waals surface area contributed by atoms with Crippen molar-refractivity contribution in [3.8, 4) is 0 Å². The second-order valence-electron chi connectivity index (χ2n) is 4.74. The minimum Gasteiger partial charge on any atom is -0.390 e. The molecule has 12 heavy (non-hydrogen) atoms. The largest absolute Gasteiger partial charge is 0.390 e. The fourth-order valence-corrected chi connectivity index (χ4v) is 1.45. The van der Waals surface area contributed by atoms with E-state index in [0.717, 1.165) is 0 Å². The Bertz CT molecular complexity index is 140. The number of halogens is 1. The van der Waals surface area contributed by atoms with Crippen molar-refractivity contribution in [2.24, 2.45) is 11.1 Å². The van der Waals surface area contributed by atoms with Gasteiger partial charge in [-0.15, -0.1) is 0 Å². The van der Waals surface area contributed by atoms with Crippen molar-refractivity contribution in [2.75, 3.05) is 6.67 Å². The van der Waals surface area contributed by atoms with Crippen LogP contribution in [0.1, 0.15) is 34.1 Å². The van der Waals surface area contributed by atoms with E-state index >= 15 is 0 Å². The Hall–Kier alpha value is -0.150. The molecule has 1 unspecified atom stereocenters. The Morgan fingerprint density at radius 2 is 1.75 bits per heavy atom. The number of rotatable bonds is 4. The third-order valence-corrected chi connectivity index (χ3v) is 2.06. The second kappa shape index (κ2) is 3.71. The maximum absolute atomic E-state index is 12.3. The van der Waals surface area contributed by atoms with E-state index in [-0.39, 0.29) is 5.41 Å². The first-order chi connectivity index (χ1) is 5.19. The minimum atomic E-state index is -0.781. The van der Waals surface area contributed by atoms with Gasteiger partial charge in [0.25, 0.3) is 0 Å². The predicted octanol–water partition coefficient (Wildman–Crippen LogP) is 1.47. The smallest absolute Gasteiger partial charge is 0.105 e. The Morgan fingerprint density at radius 1 is 1.33 bits per heavy atom. The van der Waals surface area contributed by atoms with E-state index in [1.807, 2.05) is 13.8 Å². The molecule has 0 aromatic heterocycles. The van der Waals surface area contributed by atoms with Gasteiger partial charge in [0, 0.05) is 6.04 Å². The highest BCUT2D eigenvalue weighted by molar-refractivity contribution is 4.86. The van der Waals surface area contributed by atoms with Gasteiger partial charge < -0.3 is 10.8 Å². The Morgan fingerprint density at radius 3 is 2.00 bits per heavy atom. The summed E-state index contributed by atoms with van der Waals surface area (Å²) in [5.74, 6) is 0. The molecule has 0 radical (unpaired) electrons. The quantitative estimate of drug-likeness (QED) is 0.683. The van der Waals surface area contributed by atoms with Gasteiger partial charge in [-0.25, -0.2) is 4.39 Å². The first kappa shape index (κ1) is 11.8. The van der Waals surface area contributed by atoms with E-state index in [0.29, 0.717) is 6.42 Å². The van der Waals surface area contributed by atoms with Gasteiger partial charge in [-0.05, 0) is 25.7 Å². The normalized spacial score (nSPS) is 16.2. The van der Waals surface area contributed by atoms with Gasteiger partial charge in [-0.3, -0.25) is 0 Å². The highest BCUT2D eigenvalue weighted by Gasteiger charge is 2.32. The van der Waals surface area contributed by atoms with Gasteiger partial charge in [0.15, 0.2) is 0 Å². The fraction of sp³-hybridized carbons (Fsp3) is 1.00. The van der Waals surface area contributed by atoms with Gasteiger partial charge in [-0.2, -0.15) is 0 Å². The SMILES string of the molecule is CC(C)(O)CC(C)(C)C(N)CF. The lowest BCUT2D eigenvalue weighted by Gasteiger charge is -2.35. The van der Waals surface area contributed by atoms with Crippen LogP contribution in [0.15, 0.2) is 0 Å². The van der Waals surface area contributed by atoms with E-state index < -0.39 is 18.3 Å². The van der Waals surface area contributed by atoms with Crippen LogP contribution in [-0.4, -0.2) is 23.4 Å². The summed E-state index contributed by atoms with van der Waals surface area (Å²) >= 11 is 0. The number of alkyl halides is 1. The zero-order valence-electron chi connectivity index (χ0n) is 8.39. The summed E-state index contributed by atoms with van der Waals surface area (Å²) in [4.78, 5) is 0. The van der Waals surface area contributed by atoms with Gasteiger partial charge in [0.1, 0.15) is 6.67 Å². The summed E-state index contributed by atoms with van der Waals surface area (Å²) in [5.41, 5.74) is 4.44. The molecule has 0 fully saturated rings. The molecular weight excluding hydrogens is 157 g/mol. The van der Waals surface area contributed by atoms with Crippen molar-refractivity contribution in [2.45, 2.75) is 45.8 Å². The number of aliphatic hydroxyl groups is 1. The van der Waals surface area contributed by atoms with Crippen LogP contribution >= 0.6 is 0 Å². The molecule has 0 heterocycles. The van der Waals surface area contributed by atoms with Crippen molar-refractivity contribution in [3.63, 3.8) is 0 Å². The van der Waals surface area contributed by atoms with Crippen LogP contribution < -0.4 is 5.73 Å². The lowest BCUT2D eigenvalue weighted by Crippen LogP contribution is -2.43. The highest BCUT2D eigenvalue weighted by atomic mass is 19.1. The van der Waals surface area contributed by atoms with E-state index in [2.05, 4.69) is 0 Å². The summed E-state index contributed by atoms with van der Waals surface area (Å²) in [5, 5.41) is 9.52. The van der Waals surface area contributed by atoms with Crippen molar-refractivity contribution in [3.05, 3.63) is 0 Å². The standard InChI is InChI=1S/C9H20FNO/c1-8(2,7(11)5-10)6-9(3,4)12/h7,12H,5-6,11H2,1-4H3. The zero-order valence-corrected chi connectivity index (χ0v) is 8.39. The number of hydrogen-bond acceptors (Lipinski definition) is 2. The van der Waals surface area contributed by atoms with E-state index in [9.17, 15) is 9.50 Å². The predicted molar refractivity (Wildman–Crippen MR) is 48.6 cm³/mol. The van der Waals surface area contributed by atoms with Gasteiger partial charge in [0.2, 0.25) is 0 Å². The lowest BCUT2D eigenvalue weighted by molar-refractivity contribution is 0.0211. The van der Waals surface area contributed by atoms with E-state index in [1.54, 1.807) is 13.8 Å². The highest BCUT2D eigenvalue weighted by Crippen LogP contribution is 2.30. The molecule has 0 aliphatic carbocycles. The summed E-state index contributed by atoms with van der Waals surface area (Å²) in [6.07, 6.45) is 0.505. The third kappa shape index (κ3) is 4.02. The maximum Gasteiger partial charge on any atom is 0.105 e. The topological polar surface area (TPSA) is 46.2 Å². The third-order valence-electron chi connectivity index (χ3n) is 2.06. The van der Waals surface area contributed by atoms with Crippen molar-refractivity contribution in [1.29, 1.82) is 0 Å². The molecule has 0 bridgehead atoms. The Balaban J connectivity index is 4.22. The average molecular weight is 177 g/mol. The van der Waals surface area contributed by atoms with Crippen molar-refractivity contribution < 1.29 is 9.50 Å². The monoisotopic (exact) mass is 177 g/mol. The van der Waals surface area contributed by atoms with Crippen LogP contribution in [0.4, 0.5) is 4.39 Å². The molecule has 0 aliphatic rings. The Kier molecular flexibility index (Phi) is 3.66.